The first kappa shape index (κ1) is 10.1. The molecular weight excluding hydrogens is 208 g/mol. The molecule has 1 heteroatoms. The average Bonchev–Trinajstić information content (AvgIpc) is 3.10. The van der Waals surface area contributed by atoms with Crippen LogP contribution in [-0.2, 0) is 12.8 Å². The topological polar surface area (TPSA) is 20.2 Å². The van der Waals surface area contributed by atoms with E-state index in [9.17, 15) is 5.11 Å². The minimum absolute atomic E-state index is 0.320. The fraction of sp³-hybridized carbons (Fsp3) is 0.625. The predicted octanol–water partition coefficient (Wildman–Crippen LogP) is 2.95. The van der Waals surface area contributed by atoms with Gasteiger partial charge in [0, 0.05) is 0 Å². The van der Waals surface area contributed by atoms with Gasteiger partial charge in [0.15, 0.2) is 0 Å². The normalized spacial score (nSPS) is 39.8. The monoisotopic (exact) mass is 228 g/mol. The van der Waals surface area contributed by atoms with Crippen LogP contribution in [0.3, 0.4) is 0 Å². The van der Waals surface area contributed by atoms with Crippen LogP contribution < -0.4 is 0 Å². The summed E-state index contributed by atoms with van der Waals surface area (Å²) in [4.78, 5) is 0. The van der Waals surface area contributed by atoms with Crippen LogP contribution >= 0.6 is 0 Å². The van der Waals surface area contributed by atoms with E-state index in [0.717, 1.165) is 12.8 Å². The summed E-state index contributed by atoms with van der Waals surface area (Å²) in [5.41, 5.74) is 2.68. The highest BCUT2D eigenvalue weighted by molar-refractivity contribution is 5.32. The highest BCUT2D eigenvalue weighted by Gasteiger charge is 2.57. The van der Waals surface area contributed by atoms with E-state index in [1.54, 1.807) is 0 Å². The van der Waals surface area contributed by atoms with E-state index in [1.165, 1.54) is 36.8 Å². The molecule has 3 aliphatic rings. The Bertz CT molecular complexity index is 414. The fourth-order valence-corrected chi connectivity index (χ4v) is 4.43. The lowest BCUT2D eigenvalue weighted by atomic mass is 9.78. The Labute approximate surface area is 103 Å². The van der Waals surface area contributed by atoms with Crippen molar-refractivity contribution in [3.05, 3.63) is 35.4 Å². The molecule has 3 aliphatic carbocycles. The zero-order valence-electron chi connectivity index (χ0n) is 10.2. The van der Waals surface area contributed by atoms with Gasteiger partial charge in [-0.25, -0.2) is 0 Å². The van der Waals surface area contributed by atoms with Crippen molar-refractivity contribution in [3.8, 4) is 0 Å². The van der Waals surface area contributed by atoms with E-state index in [-0.39, 0.29) is 5.60 Å². The molecule has 0 aliphatic heterocycles. The summed E-state index contributed by atoms with van der Waals surface area (Å²) in [7, 11) is 0. The largest absolute Gasteiger partial charge is 0.389 e. The van der Waals surface area contributed by atoms with E-state index < -0.39 is 0 Å². The molecule has 0 heterocycles. The van der Waals surface area contributed by atoms with Crippen LogP contribution in [0.5, 0.6) is 0 Å². The lowest BCUT2D eigenvalue weighted by molar-refractivity contribution is -0.0536. The highest BCUT2D eigenvalue weighted by atomic mass is 16.3. The van der Waals surface area contributed by atoms with Crippen LogP contribution in [0.4, 0.5) is 0 Å². The molecule has 2 unspecified atom stereocenters. The minimum atomic E-state index is -0.320. The van der Waals surface area contributed by atoms with E-state index in [1.807, 2.05) is 0 Å². The van der Waals surface area contributed by atoms with Gasteiger partial charge in [-0.3, -0.25) is 0 Å². The van der Waals surface area contributed by atoms with Gasteiger partial charge >= 0.3 is 0 Å². The maximum absolute atomic E-state index is 11.2. The van der Waals surface area contributed by atoms with E-state index >= 15 is 0 Å². The Morgan fingerprint density at radius 3 is 1.76 bits per heavy atom. The van der Waals surface area contributed by atoms with Crippen LogP contribution in [-0.4, -0.2) is 10.7 Å². The van der Waals surface area contributed by atoms with Crippen molar-refractivity contribution in [2.75, 3.05) is 0 Å². The summed E-state index contributed by atoms with van der Waals surface area (Å²) < 4.78 is 0. The number of benzene rings is 1. The molecule has 2 atom stereocenters. The molecular formula is C16H20O. The number of aliphatic hydroxyl groups is 1. The number of hydrogen-bond acceptors (Lipinski definition) is 1. The molecule has 0 radical (unpaired) electrons. The molecule has 0 spiro atoms. The van der Waals surface area contributed by atoms with Crippen molar-refractivity contribution in [1.29, 1.82) is 0 Å². The Morgan fingerprint density at radius 1 is 0.824 bits per heavy atom. The molecule has 0 aromatic heterocycles. The molecule has 1 aromatic rings. The SMILES string of the molecule is OC1(C2CC2)C2CCC1Cc1ccccc1C2. The van der Waals surface area contributed by atoms with Gasteiger partial charge in [0.25, 0.3) is 0 Å². The summed E-state index contributed by atoms with van der Waals surface area (Å²) in [6.07, 6.45) is 7.23. The molecule has 0 saturated heterocycles. The van der Waals surface area contributed by atoms with Gasteiger partial charge in [-0.1, -0.05) is 24.3 Å². The molecule has 4 rings (SSSR count). The van der Waals surface area contributed by atoms with E-state index in [0.29, 0.717) is 17.8 Å². The lowest BCUT2D eigenvalue weighted by Crippen LogP contribution is -2.42. The first-order valence-corrected chi connectivity index (χ1v) is 7.07. The van der Waals surface area contributed by atoms with Crippen molar-refractivity contribution in [1.82, 2.24) is 0 Å². The third kappa shape index (κ3) is 1.35. The first-order chi connectivity index (χ1) is 8.28. The van der Waals surface area contributed by atoms with Crippen molar-refractivity contribution >= 4 is 0 Å². The second kappa shape index (κ2) is 3.35. The highest BCUT2D eigenvalue weighted by Crippen LogP contribution is 2.57. The average molecular weight is 228 g/mol. The molecule has 1 N–H and O–H groups in total. The molecule has 90 valence electrons. The summed E-state index contributed by atoms with van der Waals surface area (Å²) in [5.74, 6) is 1.68. The van der Waals surface area contributed by atoms with Gasteiger partial charge in [0.05, 0.1) is 5.60 Å². The van der Waals surface area contributed by atoms with E-state index in [2.05, 4.69) is 24.3 Å². The summed E-state index contributed by atoms with van der Waals surface area (Å²) in [6, 6.07) is 8.83. The minimum Gasteiger partial charge on any atom is -0.389 e. The Balaban J connectivity index is 1.77. The molecule has 1 aromatic carbocycles. The van der Waals surface area contributed by atoms with Gasteiger partial charge in [-0.05, 0) is 67.4 Å². The third-order valence-corrected chi connectivity index (χ3v) is 5.45. The number of hydrogen-bond donors (Lipinski definition) is 1. The van der Waals surface area contributed by atoms with Crippen LogP contribution in [0.1, 0.15) is 36.8 Å². The quantitative estimate of drug-likeness (QED) is 0.783. The zero-order valence-corrected chi connectivity index (χ0v) is 10.2. The Kier molecular flexibility index (Phi) is 2.00. The zero-order chi connectivity index (χ0) is 11.5. The van der Waals surface area contributed by atoms with Crippen molar-refractivity contribution in [2.45, 2.75) is 44.1 Å². The standard InChI is InChI=1S/C16H20O/c17-16(13-5-6-13)14-7-8-15(16)10-12-4-2-1-3-11(12)9-14/h1-4,13-15,17H,5-10H2. The van der Waals surface area contributed by atoms with Crippen molar-refractivity contribution in [3.63, 3.8) is 0 Å². The number of rotatable bonds is 1. The summed E-state index contributed by atoms with van der Waals surface area (Å²) >= 11 is 0. The molecule has 2 saturated carbocycles. The van der Waals surface area contributed by atoms with Crippen LogP contribution in [0, 0.1) is 17.8 Å². The number of fused-ring (bicyclic) bond motifs is 3. The second-order valence-electron chi connectivity index (χ2n) is 6.31. The van der Waals surface area contributed by atoms with Gasteiger partial charge in [0.1, 0.15) is 0 Å². The van der Waals surface area contributed by atoms with Gasteiger partial charge in [0.2, 0.25) is 0 Å². The third-order valence-electron chi connectivity index (χ3n) is 5.45. The molecule has 1 nitrogen and oxygen atoms in total. The van der Waals surface area contributed by atoms with Crippen molar-refractivity contribution in [2.24, 2.45) is 17.8 Å². The van der Waals surface area contributed by atoms with Gasteiger partial charge < -0.3 is 5.11 Å². The van der Waals surface area contributed by atoms with Crippen LogP contribution in [0.15, 0.2) is 24.3 Å². The summed E-state index contributed by atoms with van der Waals surface area (Å²) in [5, 5.41) is 11.2. The summed E-state index contributed by atoms with van der Waals surface area (Å²) in [6.45, 7) is 0. The molecule has 17 heavy (non-hydrogen) atoms. The Morgan fingerprint density at radius 2 is 1.29 bits per heavy atom. The van der Waals surface area contributed by atoms with Crippen LogP contribution in [0.2, 0.25) is 0 Å². The Hall–Kier alpha value is -0.820. The second-order valence-corrected chi connectivity index (χ2v) is 6.31. The van der Waals surface area contributed by atoms with Gasteiger partial charge in [-0.15, -0.1) is 0 Å². The fourth-order valence-electron chi connectivity index (χ4n) is 4.43. The first-order valence-electron chi connectivity index (χ1n) is 7.07. The van der Waals surface area contributed by atoms with Crippen LogP contribution in [0.25, 0.3) is 0 Å². The maximum Gasteiger partial charge on any atom is 0.0738 e. The molecule has 2 fully saturated rings. The predicted molar refractivity (Wildman–Crippen MR) is 67.7 cm³/mol. The van der Waals surface area contributed by atoms with E-state index in [4.69, 9.17) is 0 Å². The molecule has 0 amide bonds. The maximum atomic E-state index is 11.2. The smallest absolute Gasteiger partial charge is 0.0738 e. The van der Waals surface area contributed by atoms with Crippen molar-refractivity contribution < 1.29 is 5.11 Å². The van der Waals surface area contributed by atoms with Gasteiger partial charge in [-0.2, -0.15) is 0 Å². The lowest BCUT2D eigenvalue weighted by Gasteiger charge is -2.34. The molecule has 2 bridgehead atoms.